The third-order valence-electron chi connectivity index (χ3n) is 3.74. The highest BCUT2D eigenvalue weighted by Crippen LogP contribution is 2.24. The van der Waals surface area contributed by atoms with Gasteiger partial charge in [0.05, 0.1) is 0 Å². The van der Waals surface area contributed by atoms with Crippen LogP contribution in [0.4, 0.5) is 10.8 Å². The van der Waals surface area contributed by atoms with Crippen molar-refractivity contribution in [2.24, 2.45) is 0 Å². The van der Waals surface area contributed by atoms with E-state index in [2.05, 4.69) is 15.4 Å². The van der Waals surface area contributed by atoms with Gasteiger partial charge in [0.15, 0.2) is 0 Å². The van der Waals surface area contributed by atoms with Crippen LogP contribution in [0.3, 0.4) is 0 Å². The number of para-hydroxylation sites is 1. The lowest BCUT2D eigenvalue weighted by atomic mass is 10.2. The molecule has 0 bridgehead atoms. The van der Waals surface area contributed by atoms with E-state index in [9.17, 15) is 9.59 Å². The summed E-state index contributed by atoms with van der Waals surface area (Å²) >= 11 is 1.26. The number of rotatable bonds is 3. The second-order valence-electron chi connectivity index (χ2n) is 5.20. The number of anilines is 2. The monoisotopic (exact) mass is 327 g/mol. The molecule has 3 aromatic rings. The predicted molar refractivity (Wildman–Crippen MR) is 88.0 cm³/mol. The predicted octanol–water partition coefficient (Wildman–Crippen LogP) is 1.37. The van der Waals surface area contributed by atoms with Crippen LogP contribution in [0.25, 0.3) is 4.96 Å². The molecule has 116 valence electrons. The fourth-order valence-corrected chi connectivity index (χ4v) is 3.46. The average molecular weight is 327 g/mol. The molecule has 4 rings (SSSR count). The first kappa shape index (κ1) is 13.9. The van der Waals surface area contributed by atoms with E-state index in [4.69, 9.17) is 0 Å². The van der Waals surface area contributed by atoms with Gasteiger partial charge in [0.25, 0.3) is 5.56 Å². The number of carbonyl (C=O) groups is 1. The minimum absolute atomic E-state index is 0.00997. The third kappa shape index (κ3) is 2.46. The molecule has 7 nitrogen and oxygen atoms in total. The summed E-state index contributed by atoms with van der Waals surface area (Å²) in [5.74, 6) is 0.00997. The molecule has 1 N–H and O–H groups in total. The van der Waals surface area contributed by atoms with E-state index in [-0.39, 0.29) is 17.5 Å². The van der Waals surface area contributed by atoms with E-state index in [0.717, 1.165) is 5.69 Å². The van der Waals surface area contributed by atoms with Crippen LogP contribution in [0, 0.1) is 0 Å². The van der Waals surface area contributed by atoms with Crippen molar-refractivity contribution >= 4 is 33.0 Å². The van der Waals surface area contributed by atoms with Crippen molar-refractivity contribution in [1.29, 1.82) is 0 Å². The highest BCUT2D eigenvalue weighted by atomic mass is 32.1. The Hall–Kier alpha value is -2.74. The number of aromatic nitrogens is 3. The fourth-order valence-electron chi connectivity index (χ4n) is 2.63. The largest absolute Gasteiger partial charge is 0.348 e. The SMILES string of the molecule is O=C1C(Nc2nn3c(=O)ccnc3s2)CCN1c1ccccc1. The number of carbonyl (C=O) groups excluding carboxylic acids is 1. The minimum atomic E-state index is -0.341. The third-order valence-corrected chi connectivity index (χ3v) is 4.60. The quantitative estimate of drug-likeness (QED) is 0.786. The van der Waals surface area contributed by atoms with Crippen LogP contribution >= 0.6 is 11.3 Å². The normalized spacial score (nSPS) is 17.8. The molecule has 0 spiro atoms. The molecule has 0 radical (unpaired) electrons. The standard InChI is InChI=1S/C15H13N5O2S/c21-12-6-8-16-15-20(12)18-14(23-15)17-11-7-9-19(13(11)22)10-4-2-1-3-5-10/h1-6,8,11H,7,9H2,(H,17,18). The second kappa shape index (κ2) is 5.47. The van der Waals surface area contributed by atoms with E-state index in [0.29, 0.717) is 23.1 Å². The van der Waals surface area contributed by atoms with Crippen molar-refractivity contribution in [1.82, 2.24) is 14.6 Å². The van der Waals surface area contributed by atoms with Crippen LogP contribution in [0.2, 0.25) is 0 Å². The second-order valence-corrected chi connectivity index (χ2v) is 6.15. The number of nitrogens with one attached hydrogen (secondary N) is 1. The van der Waals surface area contributed by atoms with E-state index in [1.165, 1.54) is 28.1 Å². The summed E-state index contributed by atoms with van der Waals surface area (Å²) in [4.78, 5) is 30.6. The smallest absolute Gasteiger partial charge is 0.275 e. The Morgan fingerprint density at radius 1 is 1.17 bits per heavy atom. The van der Waals surface area contributed by atoms with Crippen molar-refractivity contribution in [2.45, 2.75) is 12.5 Å². The molecule has 1 aliphatic rings. The maximum absolute atomic E-state index is 12.5. The molecule has 1 aliphatic heterocycles. The van der Waals surface area contributed by atoms with Crippen LogP contribution < -0.4 is 15.8 Å². The summed E-state index contributed by atoms with van der Waals surface area (Å²) in [7, 11) is 0. The van der Waals surface area contributed by atoms with Gasteiger partial charge in [0.2, 0.25) is 16.0 Å². The van der Waals surface area contributed by atoms with E-state index >= 15 is 0 Å². The molecule has 0 saturated carbocycles. The number of fused-ring (bicyclic) bond motifs is 1. The Morgan fingerprint density at radius 2 is 2.00 bits per heavy atom. The van der Waals surface area contributed by atoms with Gasteiger partial charge in [0, 0.05) is 24.5 Å². The van der Waals surface area contributed by atoms with Crippen LogP contribution in [-0.2, 0) is 4.79 Å². The van der Waals surface area contributed by atoms with Gasteiger partial charge in [-0.3, -0.25) is 9.59 Å². The zero-order chi connectivity index (χ0) is 15.8. The highest BCUT2D eigenvalue weighted by molar-refractivity contribution is 7.20. The maximum atomic E-state index is 12.5. The van der Waals surface area contributed by atoms with Crippen molar-refractivity contribution < 1.29 is 4.79 Å². The Bertz CT molecular complexity index is 920. The maximum Gasteiger partial charge on any atom is 0.275 e. The van der Waals surface area contributed by atoms with Gasteiger partial charge in [-0.25, -0.2) is 4.98 Å². The van der Waals surface area contributed by atoms with Gasteiger partial charge in [-0.2, -0.15) is 4.52 Å². The molecule has 3 heterocycles. The van der Waals surface area contributed by atoms with E-state index in [1.807, 2.05) is 30.3 Å². The number of hydrogen-bond donors (Lipinski definition) is 1. The number of nitrogens with zero attached hydrogens (tertiary/aromatic N) is 4. The summed E-state index contributed by atoms with van der Waals surface area (Å²) < 4.78 is 1.24. The van der Waals surface area contributed by atoms with E-state index < -0.39 is 0 Å². The lowest BCUT2D eigenvalue weighted by Crippen LogP contribution is -2.33. The van der Waals surface area contributed by atoms with Crippen LogP contribution in [0.15, 0.2) is 47.4 Å². The molecule has 8 heteroatoms. The molecule has 2 aromatic heterocycles. The van der Waals surface area contributed by atoms with E-state index in [1.54, 1.807) is 4.90 Å². The summed E-state index contributed by atoms with van der Waals surface area (Å²) in [5, 5.41) is 7.83. The lowest BCUT2D eigenvalue weighted by Gasteiger charge is -2.16. The number of amides is 1. The lowest BCUT2D eigenvalue weighted by molar-refractivity contribution is -0.117. The number of benzene rings is 1. The van der Waals surface area contributed by atoms with Crippen molar-refractivity contribution in [3.63, 3.8) is 0 Å². The first-order valence-electron chi connectivity index (χ1n) is 7.20. The number of hydrogen-bond acceptors (Lipinski definition) is 6. The molecule has 1 fully saturated rings. The molecule has 1 saturated heterocycles. The molecular formula is C15H13N5O2S. The Morgan fingerprint density at radius 3 is 2.78 bits per heavy atom. The van der Waals surface area contributed by atoms with Crippen molar-refractivity contribution in [2.75, 3.05) is 16.8 Å². The molecule has 0 aliphatic carbocycles. The molecule has 1 atom stereocenters. The van der Waals surface area contributed by atoms with Gasteiger partial charge in [0.1, 0.15) is 6.04 Å². The summed E-state index contributed by atoms with van der Waals surface area (Å²) in [6.45, 7) is 0.656. The van der Waals surface area contributed by atoms with Crippen molar-refractivity contribution in [3.05, 3.63) is 52.9 Å². The summed E-state index contributed by atoms with van der Waals surface area (Å²) in [5.41, 5.74) is 0.659. The zero-order valence-electron chi connectivity index (χ0n) is 12.0. The van der Waals surface area contributed by atoms with Gasteiger partial charge in [-0.15, -0.1) is 5.10 Å². The van der Waals surface area contributed by atoms with Gasteiger partial charge < -0.3 is 10.2 Å². The van der Waals surface area contributed by atoms with Crippen LogP contribution in [0.5, 0.6) is 0 Å². The molecule has 23 heavy (non-hydrogen) atoms. The van der Waals surface area contributed by atoms with Crippen LogP contribution in [-0.4, -0.2) is 33.1 Å². The first-order chi connectivity index (χ1) is 11.2. The highest BCUT2D eigenvalue weighted by Gasteiger charge is 2.33. The molecular weight excluding hydrogens is 314 g/mol. The van der Waals surface area contributed by atoms with Crippen molar-refractivity contribution in [3.8, 4) is 0 Å². The topological polar surface area (TPSA) is 79.6 Å². The van der Waals surface area contributed by atoms with Crippen LogP contribution in [0.1, 0.15) is 6.42 Å². The fraction of sp³-hybridized carbons (Fsp3) is 0.200. The zero-order valence-corrected chi connectivity index (χ0v) is 12.9. The van der Waals surface area contributed by atoms with Gasteiger partial charge in [-0.1, -0.05) is 29.5 Å². The molecule has 1 aromatic carbocycles. The molecule has 1 amide bonds. The minimum Gasteiger partial charge on any atom is -0.348 e. The average Bonchev–Trinajstić information content (AvgIpc) is 3.14. The summed E-state index contributed by atoms with van der Waals surface area (Å²) in [6, 6.07) is 10.6. The first-order valence-corrected chi connectivity index (χ1v) is 8.02. The summed E-state index contributed by atoms with van der Waals surface area (Å²) in [6.07, 6.45) is 2.14. The molecule has 1 unspecified atom stereocenters. The Labute approximate surface area is 135 Å². The Balaban J connectivity index is 1.56. The van der Waals surface area contributed by atoms with Gasteiger partial charge >= 0.3 is 0 Å². The van der Waals surface area contributed by atoms with Gasteiger partial charge in [-0.05, 0) is 18.6 Å². The Kier molecular flexibility index (Phi) is 3.30.